The molecule has 0 saturated carbocycles. The number of nitrogens with zero attached hydrogens (tertiary/aromatic N) is 2. The van der Waals surface area contributed by atoms with Gasteiger partial charge in [0.25, 0.3) is 0 Å². The zero-order valence-electron chi connectivity index (χ0n) is 13.3. The molecule has 0 fully saturated rings. The van der Waals surface area contributed by atoms with Crippen LogP contribution in [0.3, 0.4) is 0 Å². The molecule has 0 unspecified atom stereocenters. The summed E-state index contributed by atoms with van der Waals surface area (Å²) in [6.45, 7) is 4.65. The van der Waals surface area contributed by atoms with Gasteiger partial charge in [-0.1, -0.05) is 26.0 Å². The van der Waals surface area contributed by atoms with E-state index < -0.39 is 0 Å². The lowest BCUT2D eigenvalue weighted by Gasteiger charge is -2.05. The molecule has 0 spiro atoms. The number of aromatic nitrogens is 3. The second kappa shape index (κ2) is 6.60. The Balaban J connectivity index is 1.65. The Kier molecular flexibility index (Phi) is 4.37. The van der Waals surface area contributed by atoms with Crippen LogP contribution in [0.25, 0.3) is 11.0 Å². The first-order valence-electron chi connectivity index (χ1n) is 7.77. The molecule has 0 aliphatic carbocycles. The molecule has 0 radical (unpaired) electrons. The summed E-state index contributed by atoms with van der Waals surface area (Å²) in [5.74, 6) is 1.31. The van der Waals surface area contributed by atoms with Crippen LogP contribution in [-0.4, -0.2) is 20.9 Å². The van der Waals surface area contributed by atoms with Crippen LogP contribution in [0, 0.1) is 0 Å². The molecule has 2 N–H and O–H groups in total. The Morgan fingerprint density at radius 3 is 2.87 bits per heavy atom. The number of hydrogen-bond donors (Lipinski definition) is 2. The average molecular weight is 308 g/mol. The normalized spacial score (nSPS) is 11.1. The predicted molar refractivity (Wildman–Crippen MR) is 90.0 cm³/mol. The van der Waals surface area contributed by atoms with E-state index >= 15 is 0 Å². The molecule has 5 nitrogen and oxygen atoms in total. The lowest BCUT2D eigenvalue weighted by atomic mass is 10.1. The Hall–Kier alpha value is -2.69. The quantitative estimate of drug-likeness (QED) is 0.761. The Morgan fingerprint density at radius 2 is 2.13 bits per heavy atom. The summed E-state index contributed by atoms with van der Waals surface area (Å²) in [4.78, 5) is 24.1. The fraction of sp³-hybridized carbons (Fsp3) is 0.278. The highest BCUT2D eigenvalue weighted by Gasteiger charge is 2.09. The molecule has 0 bridgehead atoms. The van der Waals surface area contributed by atoms with Crippen molar-refractivity contribution in [2.75, 3.05) is 0 Å². The first-order chi connectivity index (χ1) is 11.1. The van der Waals surface area contributed by atoms with E-state index in [4.69, 9.17) is 0 Å². The molecule has 23 heavy (non-hydrogen) atoms. The maximum Gasteiger partial charge on any atom is 0.224 e. The minimum atomic E-state index is -0.0152. The molecule has 1 amide bonds. The van der Waals surface area contributed by atoms with E-state index in [1.807, 2.05) is 36.4 Å². The second-order valence-corrected chi connectivity index (χ2v) is 5.90. The van der Waals surface area contributed by atoms with E-state index in [1.165, 1.54) is 0 Å². The summed E-state index contributed by atoms with van der Waals surface area (Å²) in [6, 6.07) is 11.6. The number of amides is 1. The molecule has 0 saturated heterocycles. The van der Waals surface area contributed by atoms with Crippen LogP contribution in [0.15, 0.2) is 42.6 Å². The van der Waals surface area contributed by atoms with Crippen LogP contribution in [0.2, 0.25) is 0 Å². The molecular formula is C18H20N4O. The molecule has 3 rings (SSSR count). The number of nitrogens with one attached hydrogen (secondary N) is 2. The first-order valence-corrected chi connectivity index (χ1v) is 7.77. The Bertz CT molecular complexity index is 808. The highest BCUT2D eigenvalue weighted by Crippen LogP contribution is 2.18. The summed E-state index contributed by atoms with van der Waals surface area (Å²) in [5.41, 5.74) is 3.73. The number of fused-ring (bicyclic) bond motifs is 1. The topological polar surface area (TPSA) is 70.7 Å². The molecule has 0 atom stereocenters. The van der Waals surface area contributed by atoms with Gasteiger partial charge < -0.3 is 10.3 Å². The number of benzene rings is 1. The van der Waals surface area contributed by atoms with Crippen molar-refractivity contribution in [1.29, 1.82) is 0 Å². The Labute approximate surface area is 135 Å². The predicted octanol–water partition coefficient (Wildman–Crippen LogP) is 2.94. The molecule has 118 valence electrons. The molecule has 2 heterocycles. The van der Waals surface area contributed by atoms with Crippen molar-refractivity contribution in [3.63, 3.8) is 0 Å². The smallest absolute Gasteiger partial charge is 0.224 e. The lowest BCUT2D eigenvalue weighted by molar-refractivity contribution is -0.120. The monoisotopic (exact) mass is 308 g/mol. The van der Waals surface area contributed by atoms with Gasteiger partial charge in [-0.05, 0) is 29.8 Å². The number of hydrogen-bond acceptors (Lipinski definition) is 3. The number of carbonyl (C=O) groups excluding carboxylic acids is 1. The van der Waals surface area contributed by atoms with Gasteiger partial charge >= 0.3 is 0 Å². The fourth-order valence-electron chi connectivity index (χ4n) is 2.40. The van der Waals surface area contributed by atoms with Gasteiger partial charge in [0.1, 0.15) is 5.82 Å². The van der Waals surface area contributed by atoms with Gasteiger partial charge in [-0.2, -0.15) is 0 Å². The molecule has 1 aromatic carbocycles. The third kappa shape index (κ3) is 3.74. The van der Waals surface area contributed by atoms with Gasteiger partial charge in [-0.25, -0.2) is 4.98 Å². The van der Waals surface area contributed by atoms with E-state index in [-0.39, 0.29) is 5.91 Å². The molecule has 3 aromatic rings. The zero-order chi connectivity index (χ0) is 16.2. The van der Waals surface area contributed by atoms with Crippen LogP contribution in [0.5, 0.6) is 0 Å². The maximum atomic E-state index is 12.1. The van der Waals surface area contributed by atoms with Crippen LogP contribution < -0.4 is 5.32 Å². The minimum Gasteiger partial charge on any atom is -0.350 e. The highest BCUT2D eigenvalue weighted by atomic mass is 16.1. The van der Waals surface area contributed by atoms with Gasteiger partial charge in [-0.15, -0.1) is 0 Å². The van der Waals surface area contributed by atoms with Crippen LogP contribution in [-0.2, 0) is 17.8 Å². The SMILES string of the molecule is CC(C)c1nc2ccc(CC(=O)NCc3ccccn3)cc2[nH]1. The number of pyridine rings is 1. The van der Waals surface area contributed by atoms with Crippen molar-refractivity contribution >= 4 is 16.9 Å². The van der Waals surface area contributed by atoms with Crippen LogP contribution >= 0.6 is 0 Å². The summed E-state index contributed by atoms with van der Waals surface area (Å²) in [5, 5.41) is 2.89. The van der Waals surface area contributed by atoms with Crippen molar-refractivity contribution in [2.45, 2.75) is 32.7 Å². The highest BCUT2D eigenvalue weighted by molar-refractivity contribution is 5.81. The number of aromatic amines is 1. The number of carbonyl (C=O) groups is 1. The largest absolute Gasteiger partial charge is 0.350 e. The standard InChI is InChI=1S/C18H20N4O/c1-12(2)18-21-15-7-6-13(9-16(15)22-18)10-17(23)20-11-14-5-3-4-8-19-14/h3-9,12H,10-11H2,1-2H3,(H,20,23)(H,21,22). The number of imidazole rings is 1. The molecular weight excluding hydrogens is 288 g/mol. The summed E-state index contributed by atoms with van der Waals surface area (Å²) >= 11 is 0. The number of H-pyrrole nitrogens is 1. The fourth-order valence-corrected chi connectivity index (χ4v) is 2.40. The van der Waals surface area contributed by atoms with Gasteiger partial charge in [0.05, 0.1) is 29.7 Å². The Morgan fingerprint density at radius 1 is 1.26 bits per heavy atom. The minimum absolute atomic E-state index is 0.0152. The van der Waals surface area contributed by atoms with E-state index in [0.29, 0.717) is 18.9 Å². The summed E-state index contributed by atoms with van der Waals surface area (Å²) in [7, 11) is 0. The van der Waals surface area contributed by atoms with E-state index in [9.17, 15) is 4.79 Å². The van der Waals surface area contributed by atoms with Crippen molar-refractivity contribution in [3.05, 3.63) is 59.7 Å². The van der Waals surface area contributed by atoms with Crippen LogP contribution in [0.4, 0.5) is 0 Å². The van der Waals surface area contributed by atoms with Crippen LogP contribution in [0.1, 0.15) is 36.8 Å². The second-order valence-electron chi connectivity index (χ2n) is 5.90. The molecule has 0 aliphatic heterocycles. The summed E-state index contributed by atoms with van der Waals surface area (Å²) in [6.07, 6.45) is 2.07. The third-order valence-electron chi connectivity index (χ3n) is 3.67. The lowest BCUT2D eigenvalue weighted by Crippen LogP contribution is -2.24. The maximum absolute atomic E-state index is 12.1. The summed E-state index contributed by atoms with van der Waals surface area (Å²) < 4.78 is 0. The average Bonchev–Trinajstić information content (AvgIpc) is 2.97. The van der Waals surface area contributed by atoms with Gasteiger partial charge in [-0.3, -0.25) is 9.78 Å². The molecule has 5 heteroatoms. The van der Waals surface area contributed by atoms with Crippen molar-refractivity contribution in [2.24, 2.45) is 0 Å². The molecule has 2 aromatic heterocycles. The van der Waals surface area contributed by atoms with E-state index in [2.05, 4.69) is 34.1 Å². The number of rotatable bonds is 5. The van der Waals surface area contributed by atoms with E-state index in [0.717, 1.165) is 28.1 Å². The van der Waals surface area contributed by atoms with Gasteiger partial charge in [0, 0.05) is 12.1 Å². The first kappa shape index (κ1) is 15.2. The van der Waals surface area contributed by atoms with Gasteiger partial charge in [0.2, 0.25) is 5.91 Å². The van der Waals surface area contributed by atoms with Crippen molar-refractivity contribution in [1.82, 2.24) is 20.3 Å². The van der Waals surface area contributed by atoms with E-state index in [1.54, 1.807) is 6.20 Å². The van der Waals surface area contributed by atoms with Crippen molar-refractivity contribution < 1.29 is 4.79 Å². The van der Waals surface area contributed by atoms with Gasteiger partial charge in [0.15, 0.2) is 0 Å². The molecule has 0 aliphatic rings. The zero-order valence-corrected chi connectivity index (χ0v) is 13.3. The van der Waals surface area contributed by atoms with Crippen molar-refractivity contribution in [3.8, 4) is 0 Å². The third-order valence-corrected chi connectivity index (χ3v) is 3.67.